The second kappa shape index (κ2) is 8.01. The van der Waals surface area contributed by atoms with E-state index in [1.165, 1.54) is 5.56 Å². The molecule has 0 aliphatic carbocycles. The fraction of sp³-hybridized carbons (Fsp3) is 0.400. The van der Waals surface area contributed by atoms with Crippen LogP contribution in [-0.2, 0) is 6.54 Å². The summed E-state index contributed by atoms with van der Waals surface area (Å²) in [6.45, 7) is 10.8. The van der Waals surface area contributed by atoms with Gasteiger partial charge < -0.3 is 15.8 Å². The molecule has 2 aromatic rings. The summed E-state index contributed by atoms with van der Waals surface area (Å²) >= 11 is 0. The second-order valence-corrected chi connectivity index (χ2v) is 7.33. The maximum atomic E-state index is 5.99. The summed E-state index contributed by atoms with van der Waals surface area (Å²) in [5.41, 5.74) is 8.91. The highest BCUT2D eigenvalue weighted by Crippen LogP contribution is 2.18. The molecule has 0 saturated heterocycles. The van der Waals surface area contributed by atoms with Gasteiger partial charge in [0.05, 0.1) is 6.54 Å². The average molecular weight is 340 g/mol. The van der Waals surface area contributed by atoms with E-state index in [0.717, 1.165) is 11.3 Å². The molecule has 0 atom stereocenters. The van der Waals surface area contributed by atoms with Crippen LogP contribution in [-0.4, -0.2) is 16.5 Å². The van der Waals surface area contributed by atoms with Crippen molar-refractivity contribution >= 4 is 11.6 Å². The summed E-state index contributed by atoms with van der Waals surface area (Å²) in [4.78, 5) is 8.68. The van der Waals surface area contributed by atoms with Gasteiger partial charge in [0.25, 0.3) is 0 Å². The van der Waals surface area contributed by atoms with Crippen molar-refractivity contribution in [2.24, 2.45) is 10.7 Å². The van der Waals surface area contributed by atoms with E-state index in [0.29, 0.717) is 24.3 Å². The van der Waals surface area contributed by atoms with Gasteiger partial charge >= 0.3 is 0 Å². The van der Waals surface area contributed by atoms with Crippen LogP contribution in [0.25, 0.3) is 0 Å². The molecule has 0 aliphatic heterocycles. The fourth-order valence-corrected chi connectivity index (χ4v) is 2.22. The molecule has 3 N–H and O–H groups in total. The molecular formula is C20H28N4O. The van der Waals surface area contributed by atoms with Crippen LogP contribution in [0.3, 0.4) is 0 Å². The molecule has 134 valence electrons. The number of aromatic nitrogens is 1. The minimum Gasteiger partial charge on any atom is -0.472 e. The van der Waals surface area contributed by atoms with E-state index in [2.05, 4.69) is 41.3 Å². The molecule has 0 fully saturated rings. The van der Waals surface area contributed by atoms with Gasteiger partial charge in [0.15, 0.2) is 5.96 Å². The number of pyridine rings is 1. The minimum absolute atomic E-state index is 0.258. The minimum atomic E-state index is -0.258. The summed E-state index contributed by atoms with van der Waals surface area (Å²) in [5, 5.41) is 3.13. The highest BCUT2D eigenvalue weighted by atomic mass is 16.5. The molecular weight excluding hydrogens is 312 g/mol. The smallest absolute Gasteiger partial charge is 0.213 e. The third kappa shape index (κ3) is 6.45. The maximum Gasteiger partial charge on any atom is 0.213 e. The number of ether oxygens (including phenoxy) is 1. The number of hydrogen-bond acceptors (Lipinski definition) is 3. The lowest BCUT2D eigenvalue weighted by Crippen LogP contribution is -2.23. The van der Waals surface area contributed by atoms with E-state index in [-0.39, 0.29) is 5.60 Å². The Bertz CT molecular complexity index is 715. The van der Waals surface area contributed by atoms with Gasteiger partial charge in [0, 0.05) is 18.0 Å². The van der Waals surface area contributed by atoms with Gasteiger partial charge in [0.1, 0.15) is 5.60 Å². The topological polar surface area (TPSA) is 72.5 Å². The van der Waals surface area contributed by atoms with Gasteiger partial charge in [-0.2, -0.15) is 0 Å². The molecule has 25 heavy (non-hydrogen) atoms. The van der Waals surface area contributed by atoms with Crippen molar-refractivity contribution in [3.05, 3.63) is 53.7 Å². The predicted octanol–water partition coefficient (Wildman–Crippen LogP) is 4.31. The number of guanidine groups is 1. The molecule has 1 heterocycles. The molecule has 0 bridgehead atoms. The molecule has 2 rings (SSSR count). The molecule has 0 unspecified atom stereocenters. The summed E-state index contributed by atoms with van der Waals surface area (Å²) < 4.78 is 5.71. The summed E-state index contributed by atoms with van der Waals surface area (Å²) in [7, 11) is 0. The lowest BCUT2D eigenvalue weighted by Gasteiger charge is -2.20. The van der Waals surface area contributed by atoms with E-state index in [4.69, 9.17) is 10.5 Å². The van der Waals surface area contributed by atoms with Gasteiger partial charge in [-0.05, 0) is 49.9 Å². The van der Waals surface area contributed by atoms with Crippen molar-refractivity contribution in [1.29, 1.82) is 0 Å². The Morgan fingerprint density at radius 2 is 2.00 bits per heavy atom. The van der Waals surface area contributed by atoms with Crippen molar-refractivity contribution < 1.29 is 4.74 Å². The third-order valence-electron chi connectivity index (χ3n) is 3.47. The van der Waals surface area contributed by atoms with E-state index in [1.807, 2.05) is 45.0 Å². The van der Waals surface area contributed by atoms with Crippen LogP contribution >= 0.6 is 0 Å². The second-order valence-electron chi connectivity index (χ2n) is 7.33. The first-order valence-corrected chi connectivity index (χ1v) is 8.54. The van der Waals surface area contributed by atoms with Gasteiger partial charge in [-0.3, -0.25) is 0 Å². The monoisotopic (exact) mass is 340 g/mol. The van der Waals surface area contributed by atoms with E-state index >= 15 is 0 Å². The molecule has 5 nitrogen and oxygen atoms in total. The maximum absolute atomic E-state index is 5.99. The molecule has 0 spiro atoms. The first-order chi connectivity index (χ1) is 11.7. The number of hydrogen-bond donors (Lipinski definition) is 2. The van der Waals surface area contributed by atoms with Crippen LogP contribution in [0.15, 0.2) is 47.6 Å². The fourth-order valence-electron chi connectivity index (χ4n) is 2.22. The number of aliphatic imine (C=N–C) groups is 1. The van der Waals surface area contributed by atoms with Crippen molar-refractivity contribution in [3.8, 4) is 5.88 Å². The quantitative estimate of drug-likeness (QED) is 0.628. The van der Waals surface area contributed by atoms with E-state index < -0.39 is 0 Å². The van der Waals surface area contributed by atoms with Crippen LogP contribution < -0.4 is 15.8 Å². The van der Waals surface area contributed by atoms with E-state index in [9.17, 15) is 0 Å². The van der Waals surface area contributed by atoms with Crippen LogP contribution in [0.4, 0.5) is 5.69 Å². The summed E-state index contributed by atoms with van der Waals surface area (Å²) in [6, 6.07) is 12.0. The number of nitrogens with one attached hydrogen (secondary N) is 1. The highest BCUT2D eigenvalue weighted by Gasteiger charge is 2.12. The lowest BCUT2D eigenvalue weighted by molar-refractivity contribution is 0.124. The molecule has 0 radical (unpaired) electrons. The van der Waals surface area contributed by atoms with Gasteiger partial charge in [-0.15, -0.1) is 0 Å². The molecule has 0 saturated carbocycles. The van der Waals surface area contributed by atoms with Crippen LogP contribution in [0, 0.1) is 0 Å². The standard InChI is InChI=1S/C20H28N4O/c1-14(2)16-7-6-8-17(11-16)24-19(21)23-13-15-9-10-18(22-12-15)25-20(3,4)5/h6-12,14H,13H2,1-5H3,(H3,21,23,24). The van der Waals surface area contributed by atoms with Crippen molar-refractivity contribution in [2.45, 2.75) is 52.7 Å². The Labute approximate surface area is 150 Å². The average Bonchev–Trinajstić information content (AvgIpc) is 2.53. The van der Waals surface area contributed by atoms with Crippen molar-refractivity contribution in [1.82, 2.24) is 4.98 Å². The van der Waals surface area contributed by atoms with E-state index in [1.54, 1.807) is 6.20 Å². The lowest BCUT2D eigenvalue weighted by atomic mass is 10.0. The number of rotatable bonds is 5. The zero-order valence-electron chi connectivity index (χ0n) is 15.7. The Morgan fingerprint density at radius 3 is 2.60 bits per heavy atom. The predicted molar refractivity (Wildman–Crippen MR) is 104 cm³/mol. The zero-order valence-corrected chi connectivity index (χ0v) is 15.7. The van der Waals surface area contributed by atoms with Crippen molar-refractivity contribution in [2.75, 3.05) is 5.32 Å². The van der Waals surface area contributed by atoms with Gasteiger partial charge in [-0.25, -0.2) is 9.98 Å². The third-order valence-corrected chi connectivity index (χ3v) is 3.47. The Hall–Kier alpha value is -2.56. The molecule has 0 aliphatic rings. The van der Waals surface area contributed by atoms with Crippen molar-refractivity contribution in [3.63, 3.8) is 0 Å². The molecule has 0 amide bonds. The van der Waals surface area contributed by atoms with Gasteiger partial charge in [0.2, 0.25) is 5.88 Å². The number of nitrogens with two attached hydrogens (primary N) is 1. The number of benzene rings is 1. The number of anilines is 1. The van der Waals surface area contributed by atoms with Crippen LogP contribution in [0.2, 0.25) is 0 Å². The first-order valence-electron chi connectivity index (χ1n) is 8.54. The summed E-state index contributed by atoms with van der Waals surface area (Å²) in [6.07, 6.45) is 1.76. The highest BCUT2D eigenvalue weighted by molar-refractivity contribution is 5.92. The molecule has 5 heteroatoms. The Kier molecular flexibility index (Phi) is 6.02. The van der Waals surface area contributed by atoms with Crippen LogP contribution in [0.5, 0.6) is 5.88 Å². The Morgan fingerprint density at radius 1 is 1.24 bits per heavy atom. The van der Waals surface area contributed by atoms with Gasteiger partial charge in [-0.1, -0.05) is 32.0 Å². The molecule has 1 aromatic heterocycles. The summed E-state index contributed by atoms with van der Waals surface area (Å²) in [5.74, 6) is 1.47. The molecule has 1 aromatic carbocycles. The first kappa shape index (κ1) is 18.8. The largest absolute Gasteiger partial charge is 0.472 e. The normalized spacial score (nSPS) is 12.3. The zero-order chi connectivity index (χ0) is 18.4. The number of nitrogens with zero attached hydrogens (tertiary/aromatic N) is 2. The SMILES string of the molecule is CC(C)c1cccc(NC(N)=NCc2ccc(OC(C)(C)C)nc2)c1. The van der Waals surface area contributed by atoms with Crippen LogP contribution in [0.1, 0.15) is 51.7 Å². The Balaban J connectivity index is 1.95.